The Morgan fingerprint density at radius 1 is 0.423 bits per heavy atom. The molecule has 3 aromatic rings. The molecule has 0 unspecified atom stereocenters. The maximum atomic E-state index is 7.66. The summed E-state index contributed by atoms with van der Waals surface area (Å²) in [6.45, 7) is 10.7. The average molecular weight is 382 g/mol. The molecule has 0 bridgehead atoms. The highest BCUT2D eigenvalue weighted by molar-refractivity contribution is 8.15. The van der Waals surface area contributed by atoms with Crippen molar-refractivity contribution in [2.24, 2.45) is 0 Å². The van der Waals surface area contributed by atoms with Crippen LogP contribution in [-0.4, -0.2) is 0 Å². The van der Waals surface area contributed by atoms with Gasteiger partial charge in [0.2, 0.25) is 6.62 Å². The van der Waals surface area contributed by atoms with Crippen LogP contribution in [0.15, 0.2) is 54.6 Å². The number of rotatable bonds is 3. The van der Waals surface area contributed by atoms with Gasteiger partial charge in [0, 0.05) is 0 Å². The first kappa shape index (κ1) is 19.2. The van der Waals surface area contributed by atoms with Crippen molar-refractivity contribution in [1.29, 1.82) is 0 Å². The molecule has 0 aliphatic heterocycles. The van der Waals surface area contributed by atoms with E-state index in [1.54, 1.807) is 0 Å². The first-order valence-corrected chi connectivity index (χ1v) is 11.7. The molecule has 0 aliphatic carbocycles. The summed E-state index contributed by atoms with van der Waals surface area (Å²) >= 11 is 7.66. The Bertz CT molecular complexity index is 786. The number of halogens is 1. The van der Waals surface area contributed by atoms with Gasteiger partial charge in [-0.15, -0.1) is 0 Å². The summed E-state index contributed by atoms with van der Waals surface area (Å²) in [5.74, 6) is 0. The van der Waals surface area contributed by atoms with Crippen molar-refractivity contribution in [3.8, 4) is 0 Å². The van der Waals surface area contributed by atoms with Crippen LogP contribution < -0.4 is 15.9 Å². The smallest absolute Gasteiger partial charge is 0.0561 e. The lowest BCUT2D eigenvalue weighted by molar-refractivity contribution is 1.39. The van der Waals surface area contributed by atoms with Gasteiger partial charge in [-0.1, -0.05) is 18.2 Å². The van der Waals surface area contributed by atoms with Gasteiger partial charge in [-0.05, 0) is 111 Å². The van der Waals surface area contributed by atoms with Crippen LogP contribution in [0.1, 0.15) is 33.4 Å². The zero-order valence-corrected chi connectivity index (χ0v) is 18.2. The molecule has 0 spiro atoms. The third kappa shape index (κ3) is 3.73. The van der Waals surface area contributed by atoms with E-state index in [1.165, 1.54) is 49.3 Å². The SMILES string of the molecule is Cc1cc(C)cc([P+](Cl)(c2cc(C)cc(C)c2)c2cc(C)cc(C)c2)c1. The summed E-state index contributed by atoms with van der Waals surface area (Å²) in [5.41, 5.74) is 7.58. The molecule has 3 aromatic carbocycles. The van der Waals surface area contributed by atoms with E-state index in [4.69, 9.17) is 11.2 Å². The van der Waals surface area contributed by atoms with Crippen LogP contribution in [0.2, 0.25) is 0 Å². The first-order chi connectivity index (χ1) is 12.2. The molecule has 134 valence electrons. The van der Waals surface area contributed by atoms with E-state index in [1.807, 2.05) is 0 Å². The van der Waals surface area contributed by atoms with Crippen molar-refractivity contribution < 1.29 is 0 Å². The molecule has 0 amide bonds. The first-order valence-electron chi connectivity index (χ1n) is 9.04. The van der Waals surface area contributed by atoms with Crippen LogP contribution in [0.25, 0.3) is 0 Å². The molecular weight excluding hydrogens is 355 g/mol. The fraction of sp³-hybridized carbons (Fsp3) is 0.250. The van der Waals surface area contributed by atoms with Crippen LogP contribution >= 0.6 is 17.9 Å². The molecule has 0 N–H and O–H groups in total. The molecule has 0 radical (unpaired) electrons. The lowest BCUT2D eigenvalue weighted by Gasteiger charge is -2.22. The number of benzene rings is 3. The molecule has 0 aromatic heterocycles. The zero-order chi connectivity index (χ0) is 19.1. The summed E-state index contributed by atoms with van der Waals surface area (Å²) in [5, 5.41) is 3.73. The fourth-order valence-electron chi connectivity index (χ4n) is 3.83. The van der Waals surface area contributed by atoms with Crippen LogP contribution in [0.4, 0.5) is 0 Å². The standard InChI is InChI=1S/C24H27ClP/c1-16-7-17(2)11-22(10-16)26(25,23-12-18(3)8-19(4)13-23)24-14-20(5)9-21(6)15-24/h7-15H,1-6H3/q+1. The highest BCUT2D eigenvalue weighted by Gasteiger charge is 2.45. The topological polar surface area (TPSA) is 0 Å². The fourth-order valence-corrected chi connectivity index (χ4v) is 7.89. The Kier molecular flexibility index (Phi) is 5.29. The molecule has 0 nitrogen and oxygen atoms in total. The maximum Gasteiger partial charge on any atom is 0.210 e. The Labute approximate surface area is 163 Å². The minimum absolute atomic E-state index is 1.24. The van der Waals surface area contributed by atoms with E-state index in [-0.39, 0.29) is 0 Å². The quantitative estimate of drug-likeness (QED) is 0.489. The third-order valence-corrected chi connectivity index (χ3v) is 9.35. The summed E-state index contributed by atoms with van der Waals surface area (Å²) in [6, 6.07) is 20.2. The number of hydrogen-bond donors (Lipinski definition) is 0. The summed E-state index contributed by atoms with van der Waals surface area (Å²) in [4.78, 5) is 0. The Morgan fingerprint density at radius 3 is 0.808 bits per heavy atom. The second-order valence-electron chi connectivity index (χ2n) is 7.63. The van der Waals surface area contributed by atoms with E-state index >= 15 is 0 Å². The monoisotopic (exact) mass is 381 g/mol. The normalized spacial score (nSPS) is 11.7. The van der Waals surface area contributed by atoms with Gasteiger partial charge in [-0.2, -0.15) is 0 Å². The zero-order valence-electron chi connectivity index (χ0n) is 16.5. The predicted molar refractivity (Wildman–Crippen MR) is 119 cm³/mol. The summed E-state index contributed by atoms with van der Waals surface area (Å²) in [7, 11) is 0. The van der Waals surface area contributed by atoms with Gasteiger partial charge in [0.15, 0.2) is 0 Å². The highest BCUT2D eigenvalue weighted by Crippen LogP contribution is 2.61. The molecule has 0 heterocycles. The van der Waals surface area contributed by atoms with E-state index in [0.717, 1.165) is 0 Å². The number of aryl methyl sites for hydroxylation is 6. The molecule has 26 heavy (non-hydrogen) atoms. The molecule has 0 saturated carbocycles. The summed E-state index contributed by atoms with van der Waals surface area (Å²) in [6.07, 6.45) is 0. The minimum Gasteiger partial charge on any atom is -0.0561 e. The van der Waals surface area contributed by atoms with Gasteiger partial charge in [0.25, 0.3) is 0 Å². The summed E-state index contributed by atoms with van der Waals surface area (Å²) < 4.78 is 0. The largest absolute Gasteiger partial charge is 0.210 e. The highest BCUT2D eigenvalue weighted by atomic mass is 35.7. The predicted octanol–water partition coefficient (Wildman–Crippen LogP) is 5.98. The molecule has 0 aliphatic rings. The van der Waals surface area contributed by atoms with Gasteiger partial charge in [-0.3, -0.25) is 0 Å². The van der Waals surface area contributed by atoms with Crippen molar-refractivity contribution in [3.63, 3.8) is 0 Å². The van der Waals surface area contributed by atoms with Crippen molar-refractivity contribution in [1.82, 2.24) is 0 Å². The van der Waals surface area contributed by atoms with Crippen molar-refractivity contribution in [2.75, 3.05) is 0 Å². The molecule has 3 rings (SSSR count). The Morgan fingerprint density at radius 2 is 0.615 bits per heavy atom. The van der Waals surface area contributed by atoms with E-state index in [9.17, 15) is 0 Å². The van der Waals surface area contributed by atoms with Crippen LogP contribution in [0.5, 0.6) is 0 Å². The van der Waals surface area contributed by atoms with Crippen molar-refractivity contribution in [3.05, 3.63) is 88.0 Å². The van der Waals surface area contributed by atoms with E-state index in [0.29, 0.717) is 0 Å². The van der Waals surface area contributed by atoms with Gasteiger partial charge in [0.05, 0.1) is 0 Å². The van der Waals surface area contributed by atoms with E-state index in [2.05, 4.69) is 96.1 Å². The molecule has 0 saturated heterocycles. The van der Waals surface area contributed by atoms with E-state index < -0.39 is 6.62 Å². The second kappa shape index (κ2) is 7.18. The third-order valence-electron chi connectivity index (χ3n) is 4.69. The van der Waals surface area contributed by atoms with Gasteiger partial charge in [0.1, 0.15) is 27.2 Å². The second-order valence-corrected chi connectivity index (χ2v) is 11.9. The lowest BCUT2D eigenvalue weighted by atomic mass is 10.1. The van der Waals surface area contributed by atoms with Crippen LogP contribution in [0.3, 0.4) is 0 Å². The average Bonchev–Trinajstić information content (AvgIpc) is 2.51. The molecular formula is C24H27ClP+. The maximum absolute atomic E-state index is 7.66. The molecule has 0 atom stereocenters. The van der Waals surface area contributed by atoms with Crippen LogP contribution in [-0.2, 0) is 0 Å². The Hall–Kier alpha value is -1.62. The molecule has 2 heteroatoms. The lowest BCUT2D eigenvalue weighted by Crippen LogP contribution is -2.28. The van der Waals surface area contributed by atoms with Gasteiger partial charge >= 0.3 is 0 Å². The van der Waals surface area contributed by atoms with Crippen molar-refractivity contribution in [2.45, 2.75) is 41.5 Å². The van der Waals surface area contributed by atoms with Gasteiger partial charge < -0.3 is 0 Å². The van der Waals surface area contributed by atoms with Gasteiger partial charge in [-0.25, -0.2) is 0 Å². The van der Waals surface area contributed by atoms with Crippen LogP contribution in [0, 0.1) is 41.5 Å². The Balaban J connectivity index is 2.38. The number of hydrogen-bond acceptors (Lipinski definition) is 0. The van der Waals surface area contributed by atoms with Crippen molar-refractivity contribution >= 4 is 33.8 Å². The molecule has 0 fully saturated rings. The minimum atomic E-state index is -2.22.